The number of nitrogens with one attached hydrogen (secondary N) is 2. The van der Waals surface area contributed by atoms with Crippen LogP contribution in [0.4, 0.5) is 17.1 Å². The Morgan fingerprint density at radius 2 is 1.74 bits per heavy atom. The smallest absolute Gasteiger partial charge is 0.264 e. The lowest BCUT2D eigenvalue weighted by Crippen LogP contribution is -2.31. The Bertz CT molecular complexity index is 1290. The molecule has 10 heteroatoms. The number of hydrogen-bond acceptors (Lipinski definition) is 7. The lowest BCUT2D eigenvalue weighted by Gasteiger charge is -2.30. The number of hydrogen-bond donors (Lipinski definition) is 2. The van der Waals surface area contributed by atoms with Crippen LogP contribution in [0, 0.1) is 0 Å². The number of carbonyl (C=O) groups excluding carboxylic acids is 1. The van der Waals surface area contributed by atoms with Crippen molar-refractivity contribution in [1.82, 2.24) is 4.98 Å². The van der Waals surface area contributed by atoms with E-state index in [1.54, 1.807) is 48.5 Å². The second-order valence-corrected chi connectivity index (χ2v) is 9.73. The Balaban J connectivity index is 1.68. The third kappa shape index (κ3) is 5.65. The number of benzene rings is 2. The van der Waals surface area contributed by atoms with Crippen LogP contribution < -0.4 is 24.4 Å². The van der Waals surface area contributed by atoms with Gasteiger partial charge in [-0.05, 0) is 55.7 Å². The number of amides is 1. The molecule has 1 aliphatic heterocycles. The number of sulfonamides is 1. The number of carbonyl (C=O) groups is 1. The third-order valence-corrected chi connectivity index (χ3v) is 7.16. The molecular formula is C25H28N4O5S. The molecule has 1 aliphatic rings. The first-order chi connectivity index (χ1) is 16.9. The summed E-state index contributed by atoms with van der Waals surface area (Å²) in [6.07, 6.45) is 4.49. The average Bonchev–Trinajstić information content (AvgIpc) is 2.89. The molecule has 0 bridgehead atoms. The highest BCUT2D eigenvalue weighted by Crippen LogP contribution is 2.34. The molecule has 1 aromatic heterocycles. The van der Waals surface area contributed by atoms with Gasteiger partial charge in [0.1, 0.15) is 10.6 Å². The van der Waals surface area contributed by atoms with E-state index in [9.17, 15) is 13.2 Å². The Morgan fingerprint density at radius 3 is 2.43 bits per heavy atom. The van der Waals surface area contributed by atoms with Crippen LogP contribution in [0.1, 0.15) is 29.6 Å². The fourth-order valence-electron chi connectivity index (χ4n) is 3.97. The molecule has 2 N–H and O–H groups in total. The van der Waals surface area contributed by atoms with E-state index in [-0.39, 0.29) is 4.90 Å². The van der Waals surface area contributed by atoms with Gasteiger partial charge in [0.25, 0.3) is 15.9 Å². The second-order valence-electron chi connectivity index (χ2n) is 8.08. The van der Waals surface area contributed by atoms with Gasteiger partial charge in [0.2, 0.25) is 5.88 Å². The van der Waals surface area contributed by atoms with Crippen molar-refractivity contribution in [2.45, 2.75) is 24.2 Å². The number of anilines is 3. The molecule has 4 rings (SSSR count). The molecule has 2 aromatic carbocycles. The number of piperidine rings is 1. The van der Waals surface area contributed by atoms with Gasteiger partial charge in [-0.3, -0.25) is 9.52 Å². The number of pyridine rings is 1. The van der Waals surface area contributed by atoms with Crippen molar-refractivity contribution < 1.29 is 22.7 Å². The Morgan fingerprint density at radius 1 is 0.971 bits per heavy atom. The zero-order valence-corrected chi connectivity index (χ0v) is 20.5. The van der Waals surface area contributed by atoms with Crippen LogP contribution >= 0.6 is 0 Å². The zero-order chi connectivity index (χ0) is 24.8. The largest absolute Gasteiger partial charge is 0.495 e. The van der Waals surface area contributed by atoms with Crippen molar-refractivity contribution in [3.05, 3.63) is 66.4 Å². The van der Waals surface area contributed by atoms with E-state index < -0.39 is 15.9 Å². The summed E-state index contributed by atoms with van der Waals surface area (Å²) < 4.78 is 40.1. The molecular weight excluding hydrogens is 468 g/mol. The molecule has 9 nitrogen and oxygen atoms in total. The summed E-state index contributed by atoms with van der Waals surface area (Å²) in [6.45, 7) is 1.53. The van der Waals surface area contributed by atoms with Crippen molar-refractivity contribution in [3.8, 4) is 11.6 Å². The summed E-state index contributed by atoms with van der Waals surface area (Å²) in [5.41, 5.74) is 1.60. The van der Waals surface area contributed by atoms with Gasteiger partial charge in [0, 0.05) is 31.0 Å². The van der Waals surface area contributed by atoms with Gasteiger partial charge < -0.3 is 19.7 Å². The highest BCUT2D eigenvalue weighted by Gasteiger charge is 2.25. The standard InChI is InChI=1S/C25H28N4O5S/c1-33-22-9-5-4-8-20(22)28-35(31,32)23-16-19(11-12-21(23)29-14-6-3-7-15-29)27-25(30)18-10-13-24(34-2)26-17-18/h4-5,8-13,16-17,28H,3,6-7,14-15H2,1-2H3,(H,27,30). The van der Waals surface area contributed by atoms with Gasteiger partial charge in [0.15, 0.2) is 0 Å². The normalized spacial score (nSPS) is 13.7. The van der Waals surface area contributed by atoms with E-state index in [1.165, 1.54) is 26.5 Å². The maximum Gasteiger partial charge on any atom is 0.264 e. The molecule has 0 atom stereocenters. The number of methoxy groups -OCH3 is 2. The highest BCUT2D eigenvalue weighted by molar-refractivity contribution is 7.93. The summed E-state index contributed by atoms with van der Waals surface area (Å²) in [4.78, 5) is 18.9. The van der Waals surface area contributed by atoms with E-state index in [4.69, 9.17) is 9.47 Å². The fourth-order valence-corrected chi connectivity index (χ4v) is 5.29. The van der Waals surface area contributed by atoms with Gasteiger partial charge in [-0.1, -0.05) is 12.1 Å². The monoisotopic (exact) mass is 496 g/mol. The number of para-hydroxylation sites is 2. The molecule has 0 radical (unpaired) electrons. The van der Waals surface area contributed by atoms with Crippen LogP contribution in [0.5, 0.6) is 11.6 Å². The number of aromatic nitrogens is 1. The molecule has 1 saturated heterocycles. The maximum atomic E-state index is 13.6. The van der Waals surface area contributed by atoms with Crippen molar-refractivity contribution >= 4 is 33.0 Å². The molecule has 35 heavy (non-hydrogen) atoms. The van der Waals surface area contributed by atoms with Crippen molar-refractivity contribution in [2.75, 3.05) is 42.2 Å². The van der Waals surface area contributed by atoms with Gasteiger partial charge in [-0.2, -0.15) is 0 Å². The summed E-state index contributed by atoms with van der Waals surface area (Å²) >= 11 is 0. The van der Waals surface area contributed by atoms with E-state index in [1.807, 2.05) is 0 Å². The minimum absolute atomic E-state index is 0.0796. The van der Waals surface area contributed by atoms with Crippen LogP contribution in [0.25, 0.3) is 0 Å². The predicted octanol–water partition coefficient (Wildman–Crippen LogP) is 4.14. The summed E-state index contributed by atoms with van der Waals surface area (Å²) in [7, 11) is -1.03. The molecule has 0 spiro atoms. The topological polar surface area (TPSA) is 110 Å². The molecule has 0 unspecified atom stereocenters. The van der Waals surface area contributed by atoms with Crippen molar-refractivity contribution in [2.24, 2.45) is 0 Å². The maximum absolute atomic E-state index is 13.6. The minimum atomic E-state index is -4.01. The molecule has 1 amide bonds. The van der Waals surface area contributed by atoms with Crippen LogP contribution in [-0.4, -0.2) is 46.6 Å². The number of ether oxygens (including phenoxy) is 2. The average molecular weight is 497 g/mol. The van der Waals surface area contributed by atoms with Crippen LogP contribution in [-0.2, 0) is 10.0 Å². The van der Waals surface area contributed by atoms with Crippen molar-refractivity contribution in [3.63, 3.8) is 0 Å². The first-order valence-electron chi connectivity index (χ1n) is 11.3. The lowest BCUT2D eigenvalue weighted by atomic mass is 10.1. The molecule has 0 aliphatic carbocycles. The molecule has 1 fully saturated rings. The Labute approximate surface area is 205 Å². The zero-order valence-electron chi connectivity index (χ0n) is 19.7. The van der Waals surface area contributed by atoms with Gasteiger partial charge in [-0.15, -0.1) is 0 Å². The van der Waals surface area contributed by atoms with E-state index >= 15 is 0 Å². The highest BCUT2D eigenvalue weighted by atomic mass is 32.2. The third-order valence-electron chi connectivity index (χ3n) is 5.76. The predicted molar refractivity (Wildman–Crippen MR) is 135 cm³/mol. The summed E-state index contributed by atoms with van der Waals surface area (Å²) in [5, 5.41) is 2.77. The minimum Gasteiger partial charge on any atom is -0.495 e. The quantitative estimate of drug-likeness (QED) is 0.482. The Kier molecular flexibility index (Phi) is 7.40. The Hall–Kier alpha value is -3.79. The molecule has 2 heterocycles. The van der Waals surface area contributed by atoms with Crippen LogP contribution in [0.3, 0.4) is 0 Å². The first kappa shape index (κ1) is 24.3. The van der Waals surface area contributed by atoms with Crippen LogP contribution in [0.15, 0.2) is 65.7 Å². The molecule has 184 valence electrons. The van der Waals surface area contributed by atoms with Crippen molar-refractivity contribution in [1.29, 1.82) is 0 Å². The summed E-state index contributed by atoms with van der Waals surface area (Å²) in [6, 6.07) is 14.9. The van der Waals surface area contributed by atoms with E-state index in [0.717, 1.165) is 32.4 Å². The fraction of sp³-hybridized carbons (Fsp3) is 0.280. The molecule has 0 saturated carbocycles. The van der Waals surface area contributed by atoms with Gasteiger partial charge >= 0.3 is 0 Å². The van der Waals surface area contributed by atoms with E-state index in [2.05, 4.69) is 19.9 Å². The lowest BCUT2D eigenvalue weighted by molar-refractivity contribution is 0.102. The number of rotatable bonds is 8. The SMILES string of the molecule is COc1ccc(C(=O)Nc2ccc(N3CCCCC3)c(S(=O)(=O)Nc3ccccc3OC)c2)cn1. The second kappa shape index (κ2) is 10.6. The van der Waals surface area contributed by atoms with Crippen LogP contribution in [0.2, 0.25) is 0 Å². The molecule has 3 aromatic rings. The first-order valence-corrected chi connectivity index (χ1v) is 12.8. The van der Waals surface area contributed by atoms with Gasteiger partial charge in [0.05, 0.1) is 31.2 Å². The number of nitrogens with zero attached hydrogens (tertiary/aromatic N) is 2. The van der Waals surface area contributed by atoms with Gasteiger partial charge in [-0.25, -0.2) is 13.4 Å². The summed E-state index contributed by atoms with van der Waals surface area (Å²) in [5.74, 6) is 0.391. The van der Waals surface area contributed by atoms with E-state index in [0.29, 0.717) is 34.3 Å².